The van der Waals surface area contributed by atoms with Crippen LogP contribution in [0, 0.1) is 17.3 Å². The van der Waals surface area contributed by atoms with Crippen molar-refractivity contribution in [3.63, 3.8) is 0 Å². The lowest BCUT2D eigenvalue weighted by atomic mass is 10.3. The Morgan fingerprint density at radius 2 is 2.12 bits per heavy atom. The molecule has 16 heavy (non-hydrogen) atoms. The normalized spacial score (nSPS) is 10.4. The average molecular weight is 441 g/mol. The van der Waals surface area contributed by atoms with Gasteiger partial charge in [0.2, 0.25) is 0 Å². The fourth-order valence-electron chi connectivity index (χ4n) is 1.23. The van der Waals surface area contributed by atoms with E-state index < -0.39 is 4.92 Å². The first-order valence-electron chi connectivity index (χ1n) is 4.22. The minimum Gasteiger partial charge on any atom is -0.258 e. The Kier molecular flexibility index (Phi) is 3.42. The molecule has 82 valence electrons. The molecule has 0 bridgehead atoms. The molecular formula is C9H5I2N3O2. The smallest absolute Gasteiger partial charge is 0.258 e. The lowest BCUT2D eigenvalue weighted by Crippen LogP contribution is -1.98. The van der Waals surface area contributed by atoms with Crippen molar-refractivity contribution in [1.82, 2.24) is 9.78 Å². The zero-order valence-corrected chi connectivity index (χ0v) is 12.1. The molecule has 7 heteroatoms. The molecule has 0 spiro atoms. The lowest BCUT2D eigenvalue weighted by molar-refractivity contribution is -0.384. The second-order valence-corrected chi connectivity index (χ2v) is 5.40. The highest BCUT2D eigenvalue weighted by Crippen LogP contribution is 2.22. The first kappa shape index (κ1) is 11.8. The van der Waals surface area contributed by atoms with Crippen LogP contribution in [0.25, 0.3) is 5.69 Å². The average Bonchev–Trinajstić information content (AvgIpc) is 2.64. The number of benzene rings is 1. The molecule has 0 aliphatic carbocycles. The number of nitro benzene ring substituents is 1. The van der Waals surface area contributed by atoms with Crippen molar-refractivity contribution in [1.29, 1.82) is 0 Å². The van der Waals surface area contributed by atoms with Crippen LogP contribution in [0.4, 0.5) is 5.69 Å². The third-order valence-electron chi connectivity index (χ3n) is 1.94. The molecule has 5 nitrogen and oxygen atoms in total. The second-order valence-electron chi connectivity index (χ2n) is 3.00. The van der Waals surface area contributed by atoms with Gasteiger partial charge in [-0.15, -0.1) is 0 Å². The predicted octanol–water partition coefficient (Wildman–Crippen LogP) is 2.99. The van der Waals surface area contributed by atoms with Gasteiger partial charge in [0.1, 0.15) is 0 Å². The van der Waals surface area contributed by atoms with Gasteiger partial charge >= 0.3 is 0 Å². The standard InChI is InChI=1S/C9H5I2N3O2/c10-6-4-12-13(5-6)9-2-1-7(14(15)16)3-8(9)11/h1-5H. The van der Waals surface area contributed by atoms with E-state index in [1.54, 1.807) is 16.9 Å². The molecule has 0 aliphatic heterocycles. The summed E-state index contributed by atoms with van der Waals surface area (Å²) in [5.74, 6) is 0. The van der Waals surface area contributed by atoms with E-state index in [0.29, 0.717) is 0 Å². The number of aromatic nitrogens is 2. The SMILES string of the molecule is O=[N+]([O-])c1ccc(-n2cc(I)cn2)c(I)c1. The predicted molar refractivity (Wildman–Crippen MR) is 75.7 cm³/mol. The van der Waals surface area contributed by atoms with Gasteiger partial charge in [0.15, 0.2) is 0 Å². The minimum atomic E-state index is -0.404. The first-order valence-corrected chi connectivity index (χ1v) is 6.38. The number of rotatable bonds is 2. The largest absolute Gasteiger partial charge is 0.270 e. The monoisotopic (exact) mass is 441 g/mol. The van der Waals surface area contributed by atoms with Crippen LogP contribution in [0.3, 0.4) is 0 Å². The number of hydrogen-bond donors (Lipinski definition) is 0. The fourth-order valence-corrected chi connectivity index (χ4v) is 2.36. The molecule has 0 radical (unpaired) electrons. The summed E-state index contributed by atoms with van der Waals surface area (Å²) >= 11 is 4.23. The van der Waals surface area contributed by atoms with Crippen molar-refractivity contribution in [2.75, 3.05) is 0 Å². The van der Waals surface area contributed by atoms with Gasteiger partial charge in [0.25, 0.3) is 5.69 Å². The molecule has 0 N–H and O–H groups in total. The number of non-ortho nitro benzene ring substituents is 1. The summed E-state index contributed by atoms with van der Waals surface area (Å²) in [5.41, 5.74) is 0.934. The third kappa shape index (κ3) is 2.34. The summed E-state index contributed by atoms with van der Waals surface area (Å²) in [6, 6.07) is 4.71. The van der Waals surface area contributed by atoms with Crippen molar-refractivity contribution >= 4 is 50.9 Å². The van der Waals surface area contributed by atoms with Crippen molar-refractivity contribution in [3.05, 3.63) is 47.8 Å². The molecule has 1 heterocycles. The van der Waals surface area contributed by atoms with Crippen LogP contribution >= 0.6 is 45.2 Å². The number of hydrogen-bond acceptors (Lipinski definition) is 3. The van der Waals surface area contributed by atoms with Crippen molar-refractivity contribution in [3.8, 4) is 5.69 Å². The van der Waals surface area contributed by atoms with E-state index in [2.05, 4.69) is 50.3 Å². The molecule has 0 saturated heterocycles. The van der Waals surface area contributed by atoms with Crippen molar-refractivity contribution in [2.45, 2.75) is 0 Å². The van der Waals surface area contributed by atoms with Gasteiger partial charge in [-0.2, -0.15) is 5.10 Å². The topological polar surface area (TPSA) is 61.0 Å². The maximum atomic E-state index is 10.6. The summed E-state index contributed by atoms with van der Waals surface area (Å²) < 4.78 is 3.52. The molecule has 1 aromatic heterocycles. The van der Waals surface area contributed by atoms with Gasteiger partial charge in [0, 0.05) is 21.9 Å². The summed E-state index contributed by atoms with van der Waals surface area (Å²) in [5, 5.41) is 14.7. The van der Waals surface area contributed by atoms with Crippen LogP contribution in [0.15, 0.2) is 30.6 Å². The van der Waals surface area contributed by atoms with Crippen molar-refractivity contribution in [2.24, 2.45) is 0 Å². The molecule has 0 amide bonds. The molecular weight excluding hydrogens is 436 g/mol. The Balaban J connectivity index is 2.47. The van der Waals surface area contributed by atoms with Gasteiger partial charge in [-0.1, -0.05) is 0 Å². The molecule has 0 unspecified atom stereocenters. The van der Waals surface area contributed by atoms with E-state index in [9.17, 15) is 10.1 Å². The molecule has 0 aliphatic rings. The maximum absolute atomic E-state index is 10.6. The Hall–Kier alpha value is -0.710. The molecule has 2 aromatic rings. The number of nitro groups is 1. The first-order chi connectivity index (χ1) is 7.58. The zero-order valence-electron chi connectivity index (χ0n) is 7.80. The minimum absolute atomic E-state index is 0.0926. The number of halogens is 2. The van der Waals surface area contributed by atoms with E-state index in [4.69, 9.17) is 0 Å². The van der Waals surface area contributed by atoms with E-state index in [1.165, 1.54) is 12.1 Å². The highest BCUT2D eigenvalue weighted by molar-refractivity contribution is 14.1. The quantitative estimate of drug-likeness (QED) is 0.409. The van der Waals surface area contributed by atoms with E-state index in [1.807, 2.05) is 6.20 Å². The van der Waals surface area contributed by atoms with Crippen LogP contribution < -0.4 is 0 Å². The number of nitrogens with zero attached hydrogens (tertiary/aromatic N) is 3. The molecule has 2 rings (SSSR count). The van der Waals surface area contributed by atoms with Gasteiger partial charge in [0.05, 0.1) is 20.4 Å². The second kappa shape index (κ2) is 4.65. The highest BCUT2D eigenvalue weighted by Gasteiger charge is 2.10. The van der Waals surface area contributed by atoms with Crippen LogP contribution in [0.1, 0.15) is 0 Å². The van der Waals surface area contributed by atoms with E-state index >= 15 is 0 Å². The van der Waals surface area contributed by atoms with Gasteiger partial charge in [-0.25, -0.2) is 4.68 Å². The Morgan fingerprint density at radius 1 is 1.38 bits per heavy atom. The van der Waals surface area contributed by atoms with Gasteiger partial charge in [-0.05, 0) is 51.2 Å². The van der Waals surface area contributed by atoms with E-state index in [-0.39, 0.29) is 5.69 Å². The molecule has 0 fully saturated rings. The fraction of sp³-hybridized carbons (Fsp3) is 0. The van der Waals surface area contributed by atoms with Crippen molar-refractivity contribution < 1.29 is 4.92 Å². The Morgan fingerprint density at radius 3 is 2.62 bits per heavy atom. The molecule has 1 aromatic carbocycles. The molecule has 0 saturated carbocycles. The summed E-state index contributed by atoms with van der Waals surface area (Å²) in [6.45, 7) is 0. The summed E-state index contributed by atoms with van der Waals surface area (Å²) in [7, 11) is 0. The van der Waals surface area contributed by atoms with Gasteiger partial charge < -0.3 is 0 Å². The summed E-state index contributed by atoms with van der Waals surface area (Å²) in [4.78, 5) is 10.2. The van der Waals surface area contributed by atoms with Gasteiger partial charge in [-0.3, -0.25) is 10.1 Å². The Labute approximate surface area is 118 Å². The van der Waals surface area contributed by atoms with Crippen LogP contribution in [-0.2, 0) is 0 Å². The maximum Gasteiger partial charge on any atom is 0.270 e. The highest BCUT2D eigenvalue weighted by atomic mass is 127. The molecule has 0 atom stereocenters. The lowest BCUT2D eigenvalue weighted by Gasteiger charge is -2.03. The zero-order chi connectivity index (χ0) is 11.7. The summed E-state index contributed by atoms with van der Waals surface area (Å²) in [6.07, 6.45) is 3.60. The Bertz CT molecular complexity index is 553. The van der Waals surface area contributed by atoms with E-state index in [0.717, 1.165) is 12.8 Å². The van der Waals surface area contributed by atoms with Crippen LogP contribution in [-0.4, -0.2) is 14.7 Å². The third-order valence-corrected chi connectivity index (χ3v) is 3.36. The van der Waals surface area contributed by atoms with Crippen LogP contribution in [0.2, 0.25) is 0 Å². The van der Waals surface area contributed by atoms with Crippen LogP contribution in [0.5, 0.6) is 0 Å².